The van der Waals surface area contributed by atoms with Crippen molar-refractivity contribution >= 4 is 0 Å². The summed E-state index contributed by atoms with van der Waals surface area (Å²) in [5.41, 5.74) is 0.814. The van der Waals surface area contributed by atoms with Crippen molar-refractivity contribution in [1.82, 2.24) is 0 Å². The van der Waals surface area contributed by atoms with Crippen LogP contribution in [0.1, 0.15) is 32.8 Å². The first kappa shape index (κ1) is 11.9. The molecule has 74 valence electrons. The van der Waals surface area contributed by atoms with Crippen LogP contribution in [0.15, 0.2) is 18.2 Å². The zero-order valence-electron chi connectivity index (χ0n) is 8.47. The van der Waals surface area contributed by atoms with E-state index in [4.69, 9.17) is 0 Å². The molecule has 0 amide bonds. The van der Waals surface area contributed by atoms with E-state index in [2.05, 4.69) is 0 Å². The van der Waals surface area contributed by atoms with E-state index in [1.165, 1.54) is 6.07 Å². The third-order valence-corrected chi connectivity index (χ3v) is 1.57. The van der Waals surface area contributed by atoms with Crippen LogP contribution in [0, 0.1) is 5.82 Å². The third kappa shape index (κ3) is 3.92. The van der Waals surface area contributed by atoms with Gasteiger partial charge in [0.2, 0.25) is 0 Å². The Bertz CT molecular complexity index is 246. The molecule has 0 aromatic heterocycles. The molecular formula is C11H17FO. The maximum Gasteiger partial charge on any atom is 0.126 e. The van der Waals surface area contributed by atoms with Crippen LogP contribution in [-0.4, -0.2) is 5.11 Å². The van der Waals surface area contributed by atoms with E-state index in [0.717, 1.165) is 24.5 Å². The lowest BCUT2D eigenvalue weighted by molar-refractivity contribution is 0.461. The number of halogens is 1. The Balaban J connectivity index is 0.000000671. The van der Waals surface area contributed by atoms with Crippen molar-refractivity contribution < 1.29 is 9.50 Å². The second kappa shape index (κ2) is 6.46. The van der Waals surface area contributed by atoms with Crippen molar-refractivity contribution in [1.29, 1.82) is 0 Å². The molecule has 0 heterocycles. The minimum Gasteiger partial charge on any atom is -0.508 e. The minimum atomic E-state index is -0.387. The maximum absolute atomic E-state index is 12.4. The summed E-state index contributed by atoms with van der Waals surface area (Å²) >= 11 is 0. The van der Waals surface area contributed by atoms with Gasteiger partial charge in [0, 0.05) is 6.07 Å². The van der Waals surface area contributed by atoms with Crippen LogP contribution in [0.2, 0.25) is 0 Å². The molecule has 0 aliphatic heterocycles. The Morgan fingerprint density at radius 3 is 2.38 bits per heavy atom. The monoisotopic (exact) mass is 184 g/mol. The average molecular weight is 184 g/mol. The molecule has 0 radical (unpaired) electrons. The first-order valence-electron chi connectivity index (χ1n) is 4.71. The summed E-state index contributed by atoms with van der Waals surface area (Å²) in [6, 6.07) is 4.13. The second-order valence-corrected chi connectivity index (χ2v) is 2.52. The molecule has 0 atom stereocenters. The van der Waals surface area contributed by atoms with Crippen molar-refractivity contribution in [2.24, 2.45) is 0 Å². The van der Waals surface area contributed by atoms with Crippen LogP contribution in [0.4, 0.5) is 4.39 Å². The summed E-state index contributed by atoms with van der Waals surface area (Å²) in [7, 11) is 0. The van der Waals surface area contributed by atoms with Gasteiger partial charge in [-0.25, -0.2) is 4.39 Å². The Morgan fingerprint density at radius 1 is 1.31 bits per heavy atom. The molecule has 2 heteroatoms. The fourth-order valence-electron chi connectivity index (χ4n) is 1.02. The number of aromatic hydroxyl groups is 1. The Morgan fingerprint density at radius 2 is 1.92 bits per heavy atom. The third-order valence-electron chi connectivity index (χ3n) is 1.57. The smallest absolute Gasteiger partial charge is 0.126 e. The van der Waals surface area contributed by atoms with Gasteiger partial charge >= 0.3 is 0 Å². The largest absolute Gasteiger partial charge is 0.508 e. The molecule has 1 nitrogen and oxygen atoms in total. The van der Waals surface area contributed by atoms with Gasteiger partial charge in [-0.15, -0.1) is 0 Å². The first-order chi connectivity index (χ1) is 6.24. The predicted octanol–water partition coefficient (Wildman–Crippen LogP) is 3.51. The lowest BCUT2D eigenvalue weighted by Crippen LogP contribution is -1.84. The maximum atomic E-state index is 12.4. The van der Waals surface area contributed by atoms with Gasteiger partial charge in [0.15, 0.2) is 0 Å². The van der Waals surface area contributed by atoms with Gasteiger partial charge in [-0.2, -0.15) is 0 Å². The molecule has 0 unspecified atom stereocenters. The number of hydrogen-bond donors (Lipinski definition) is 1. The summed E-state index contributed by atoms with van der Waals surface area (Å²) < 4.78 is 12.4. The second-order valence-electron chi connectivity index (χ2n) is 2.52. The van der Waals surface area contributed by atoms with E-state index in [1.54, 1.807) is 6.07 Å². The quantitative estimate of drug-likeness (QED) is 0.745. The van der Waals surface area contributed by atoms with Gasteiger partial charge in [-0.1, -0.05) is 33.3 Å². The predicted molar refractivity (Wildman–Crippen MR) is 53.4 cm³/mol. The van der Waals surface area contributed by atoms with Crippen LogP contribution < -0.4 is 0 Å². The van der Waals surface area contributed by atoms with Crippen molar-refractivity contribution in [3.8, 4) is 5.75 Å². The molecule has 0 saturated heterocycles. The molecule has 0 aliphatic rings. The topological polar surface area (TPSA) is 20.2 Å². The summed E-state index contributed by atoms with van der Waals surface area (Å²) in [4.78, 5) is 0. The Hall–Kier alpha value is -1.05. The number of phenols is 1. The van der Waals surface area contributed by atoms with Gasteiger partial charge < -0.3 is 5.11 Å². The van der Waals surface area contributed by atoms with Crippen molar-refractivity contribution in [3.63, 3.8) is 0 Å². The Labute approximate surface area is 79.2 Å². The van der Waals surface area contributed by atoms with Crippen LogP contribution >= 0.6 is 0 Å². The van der Waals surface area contributed by atoms with Crippen molar-refractivity contribution in [3.05, 3.63) is 29.6 Å². The van der Waals surface area contributed by atoms with Crippen LogP contribution in [0.3, 0.4) is 0 Å². The van der Waals surface area contributed by atoms with E-state index >= 15 is 0 Å². The van der Waals surface area contributed by atoms with E-state index in [1.807, 2.05) is 20.8 Å². The molecular weight excluding hydrogens is 167 g/mol. The highest BCUT2D eigenvalue weighted by atomic mass is 19.1. The summed E-state index contributed by atoms with van der Waals surface area (Å²) in [5, 5.41) is 9.18. The zero-order chi connectivity index (χ0) is 10.3. The van der Waals surface area contributed by atoms with Crippen molar-refractivity contribution in [2.45, 2.75) is 33.6 Å². The highest BCUT2D eigenvalue weighted by Crippen LogP contribution is 2.18. The first-order valence-corrected chi connectivity index (χ1v) is 4.71. The number of aryl methyl sites for hydroxylation is 1. The van der Waals surface area contributed by atoms with E-state index < -0.39 is 0 Å². The summed E-state index contributed by atoms with van der Waals surface area (Å²) in [6.45, 7) is 6.02. The molecule has 0 aliphatic carbocycles. The van der Waals surface area contributed by atoms with Gasteiger partial charge in [-0.3, -0.25) is 0 Å². The van der Waals surface area contributed by atoms with E-state index in [9.17, 15) is 9.50 Å². The molecule has 0 spiro atoms. The van der Waals surface area contributed by atoms with Crippen LogP contribution in [0.5, 0.6) is 5.75 Å². The molecule has 13 heavy (non-hydrogen) atoms. The van der Waals surface area contributed by atoms with E-state index in [0.29, 0.717) is 0 Å². The highest BCUT2D eigenvalue weighted by Gasteiger charge is 1.99. The number of hydrogen-bond acceptors (Lipinski definition) is 1. The zero-order valence-corrected chi connectivity index (χ0v) is 8.47. The average Bonchev–Trinajstić information content (AvgIpc) is 2.14. The molecule has 1 aromatic carbocycles. The fraction of sp³-hybridized carbons (Fsp3) is 0.455. The van der Waals surface area contributed by atoms with Gasteiger partial charge in [0.25, 0.3) is 0 Å². The highest BCUT2D eigenvalue weighted by molar-refractivity contribution is 5.32. The number of rotatable bonds is 2. The number of benzene rings is 1. The summed E-state index contributed by atoms with van der Waals surface area (Å²) in [6.07, 6.45) is 1.76. The summed E-state index contributed by atoms with van der Waals surface area (Å²) in [5.74, 6) is -0.325. The SMILES string of the molecule is CC.CCCc1ccc(F)cc1O. The molecule has 1 rings (SSSR count). The van der Waals surface area contributed by atoms with Crippen molar-refractivity contribution in [2.75, 3.05) is 0 Å². The van der Waals surface area contributed by atoms with Gasteiger partial charge in [0.1, 0.15) is 11.6 Å². The van der Waals surface area contributed by atoms with Gasteiger partial charge in [-0.05, 0) is 18.1 Å². The molecule has 0 bridgehead atoms. The molecule has 1 N–H and O–H groups in total. The van der Waals surface area contributed by atoms with Gasteiger partial charge in [0.05, 0.1) is 0 Å². The Kier molecular flexibility index (Phi) is 5.94. The fourth-order valence-corrected chi connectivity index (χ4v) is 1.02. The van der Waals surface area contributed by atoms with Crippen LogP contribution in [-0.2, 0) is 6.42 Å². The normalized spacial score (nSPS) is 8.92. The molecule has 0 fully saturated rings. The van der Waals surface area contributed by atoms with E-state index in [-0.39, 0.29) is 11.6 Å². The molecule has 0 saturated carbocycles. The standard InChI is InChI=1S/C9H11FO.C2H6/c1-2-3-7-4-5-8(10)6-9(7)11;1-2/h4-6,11H,2-3H2,1H3;1-2H3. The number of phenolic OH excluding ortho intramolecular Hbond substituents is 1. The molecule has 1 aromatic rings. The van der Waals surface area contributed by atoms with Crippen LogP contribution in [0.25, 0.3) is 0 Å². The lowest BCUT2D eigenvalue weighted by Gasteiger charge is -2.01. The minimum absolute atomic E-state index is 0.0619. The lowest BCUT2D eigenvalue weighted by atomic mass is 10.1.